The highest BCUT2D eigenvalue weighted by Gasteiger charge is 2.20. The van der Waals surface area contributed by atoms with Crippen LogP contribution in [0.4, 0.5) is 0 Å². The van der Waals surface area contributed by atoms with E-state index >= 15 is 0 Å². The quantitative estimate of drug-likeness (QED) is 0.639. The fraction of sp³-hybridized carbons (Fsp3) is 0.182. The summed E-state index contributed by atoms with van der Waals surface area (Å²) in [4.78, 5) is 17.4. The molecule has 0 fully saturated rings. The highest BCUT2D eigenvalue weighted by atomic mass is 35.5. The van der Waals surface area contributed by atoms with Crippen molar-refractivity contribution in [1.82, 2.24) is 10.3 Å². The van der Waals surface area contributed by atoms with Gasteiger partial charge in [0.25, 0.3) is 5.91 Å². The van der Waals surface area contributed by atoms with E-state index < -0.39 is 9.84 Å². The van der Waals surface area contributed by atoms with Crippen molar-refractivity contribution >= 4 is 27.3 Å². The number of carbonyl (C=O) groups excluding carboxylic acids is 1. The third kappa shape index (κ3) is 5.43. The van der Waals surface area contributed by atoms with Crippen LogP contribution < -0.4 is 5.32 Å². The van der Waals surface area contributed by atoms with Crippen molar-refractivity contribution in [2.24, 2.45) is 0 Å². The molecule has 1 atom stereocenters. The van der Waals surface area contributed by atoms with E-state index in [1.165, 1.54) is 6.07 Å². The summed E-state index contributed by atoms with van der Waals surface area (Å²) in [6, 6.07) is 17.2. The number of aromatic nitrogens is 1. The van der Waals surface area contributed by atoms with E-state index in [0.29, 0.717) is 22.7 Å². The first-order valence-corrected chi connectivity index (χ1v) is 11.3. The molecule has 0 aliphatic heterocycles. The summed E-state index contributed by atoms with van der Waals surface area (Å²) in [5, 5.41) is 3.62. The van der Waals surface area contributed by atoms with Gasteiger partial charge in [0.15, 0.2) is 9.84 Å². The Morgan fingerprint density at radius 2 is 1.83 bits per heavy atom. The largest absolute Gasteiger partial charge is 0.343 e. The Kier molecular flexibility index (Phi) is 6.35. The summed E-state index contributed by atoms with van der Waals surface area (Å²) in [5.74, 6) is -0.362. The van der Waals surface area contributed by atoms with Gasteiger partial charge in [0, 0.05) is 23.0 Å². The van der Waals surface area contributed by atoms with Crippen molar-refractivity contribution in [1.29, 1.82) is 0 Å². The lowest BCUT2D eigenvalue weighted by Gasteiger charge is -2.19. The number of hydrogen-bond acceptors (Lipinski definition) is 4. The van der Waals surface area contributed by atoms with Crippen molar-refractivity contribution in [3.05, 3.63) is 94.3 Å². The lowest BCUT2D eigenvalue weighted by molar-refractivity contribution is 0.0935. The highest BCUT2D eigenvalue weighted by Crippen LogP contribution is 2.21. The van der Waals surface area contributed by atoms with Gasteiger partial charge in [0.1, 0.15) is 0 Å². The van der Waals surface area contributed by atoms with Crippen LogP contribution >= 0.6 is 11.6 Å². The monoisotopic (exact) mass is 428 g/mol. The van der Waals surface area contributed by atoms with Crippen LogP contribution in [0.15, 0.2) is 71.8 Å². The Morgan fingerprint density at radius 1 is 1.10 bits per heavy atom. The fourth-order valence-corrected chi connectivity index (χ4v) is 4.17. The van der Waals surface area contributed by atoms with Gasteiger partial charge in [-0.3, -0.25) is 9.78 Å². The molecule has 3 aromatic rings. The van der Waals surface area contributed by atoms with Crippen molar-refractivity contribution in [3.8, 4) is 0 Å². The Labute approximate surface area is 175 Å². The van der Waals surface area contributed by atoms with Crippen LogP contribution in [0.1, 0.15) is 33.2 Å². The highest BCUT2D eigenvalue weighted by molar-refractivity contribution is 7.90. The molecule has 150 valence electrons. The Balaban J connectivity index is 1.89. The van der Waals surface area contributed by atoms with E-state index in [2.05, 4.69) is 10.3 Å². The van der Waals surface area contributed by atoms with E-state index in [0.717, 1.165) is 11.8 Å². The van der Waals surface area contributed by atoms with Gasteiger partial charge < -0.3 is 5.32 Å². The summed E-state index contributed by atoms with van der Waals surface area (Å²) in [7, 11) is -3.43. The molecule has 0 unspecified atom stereocenters. The molecule has 1 amide bonds. The zero-order valence-electron chi connectivity index (χ0n) is 16.1. The SMILES string of the molecule is Cc1ccc(C(=O)N[C@H](Cc2ccc(Cl)cc2)c2ccccn2)cc1S(C)(=O)=O. The number of nitrogens with one attached hydrogen (secondary N) is 1. The van der Waals surface area contributed by atoms with Crippen LogP contribution in [-0.4, -0.2) is 25.6 Å². The van der Waals surface area contributed by atoms with Gasteiger partial charge in [-0.05, 0) is 60.9 Å². The summed E-state index contributed by atoms with van der Waals surface area (Å²) in [5.41, 5.74) is 2.59. The van der Waals surface area contributed by atoms with Crippen molar-refractivity contribution in [2.75, 3.05) is 6.26 Å². The first kappa shape index (κ1) is 21.0. The van der Waals surface area contributed by atoms with Crippen LogP contribution in [0, 0.1) is 6.92 Å². The molecule has 5 nitrogen and oxygen atoms in total. The van der Waals surface area contributed by atoms with Gasteiger partial charge in [-0.25, -0.2) is 8.42 Å². The Hall–Kier alpha value is -2.70. The number of benzene rings is 2. The minimum atomic E-state index is -3.43. The van der Waals surface area contributed by atoms with Crippen LogP contribution in [0.25, 0.3) is 0 Å². The average molecular weight is 429 g/mol. The molecule has 0 aliphatic carbocycles. The topological polar surface area (TPSA) is 76.1 Å². The smallest absolute Gasteiger partial charge is 0.251 e. The summed E-state index contributed by atoms with van der Waals surface area (Å²) < 4.78 is 24.0. The number of hydrogen-bond donors (Lipinski definition) is 1. The van der Waals surface area contributed by atoms with E-state index in [-0.39, 0.29) is 22.4 Å². The standard InChI is InChI=1S/C22H21ClN2O3S/c1-15-6-9-17(14-21(15)29(2,27)28)22(26)25-20(19-5-3-4-12-24-19)13-16-7-10-18(23)11-8-16/h3-12,14,20H,13H2,1-2H3,(H,25,26)/t20-/m1/s1. The molecule has 1 N–H and O–H groups in total. The van der Waals surface area contributed by atoms with Crippen molar-refractivity contribution < 1.29 is 13.2 Å². The number of nitrogens with zero attached hydrogens (tertiary/aromatic N) is 1. The van der Waals surface area contributed by atoms with Crippen LogP contribution in [-0.2, 0) is 16.3 Å². The lowest BCUT2D eigenvalue weighted by Crippen LogP contribution is -2.30. The van der Waals surface area contributed by atoms with E-state index in [1.54, 1.807) is 37.4 Å². The summed E-state index contributed by atoms with van der Waals surface area (Å²) >= 11 is 5.96. The van der Waals surface area contributed by atoms with Gasteiger partial charge >= 0.3 is 0 Å². The number of carbonyl (C=O) groups is 1. The number of aryl methyl sites for hydroxylation is 1. The zero-order chi connectivity index (χ0) is 21.0. The predicted octanol–water partition coefficient (Wildman–Crippen LogP) is 4.16. The van der Waals surface area contributed by atoms with Gasteiger partial charge in [-0.15, -0.1) is 0 Å². The van der Waals surface area contributed by atoms with Crippen molar-refractivity contribution in [2.45, 2.75) is 24.3 Å². The Bertz CT molecular complexity index is 1110. The summed E-state index contributed by atoms with van der Waals surface area (Å²) in [6.07, 6.45) is 3.32. The molecule has 2 aromatic carbocycles. The van der Waals surface area contributed by atoms with Crippen molar-refractivity contribution in [3.63, 3.8) is 0 Å². The Morgan fingerprint density at radius 3 is 2.45 bits per heavy atom. The molecule has 0 saturated carbocycles. The third-order valence-corrected chi connectivity index (χ3v) is 6.04. The van der Waals surface area contributed by atoms with Crippen LogP contribution in [0.2, 0.25) is 5.02 Å². The number of pyridine rings is 1. The van der Waals surface area contributed by atoms with Gasteiger partial charge in [-0.1, -0.05) is 35.9 Å². The molecule has 0 spiro atoms. The number of halogens is 1. The summed E-state index contributed by atoms with van der Waals surface area (Å²) in [6.45, 7) is 1.70. The molecule has 0 radical (unpaired) electrons. The molecule has 1 heterocycles. The molecule has 0 bridgehead atoms. The molecule has 29 heavy (non-hydrogen) atoms. The van der Waals surface area contributed by atoms with Gasteiger partial charge in [0.05, 0.1) is 16.6 Å². The molecular weight excluding hydrogens is 408 g/mol. The number of sulfone groups is 1. The van der Waals surface area contributed by atoms with E-state index in [1.807, 2.05) is 30.3 Å². The molecule has 0 saturated heterocycles. The number of rotatable bonds is 6. The predicted molar refractivity (Wildman–Crippen MR) is 114 cm³/mol. The second-order valence-corrected chi connectivity index (χ2v) is 9.28. The molecule has 1 aromatic heterocycles. The molecule has 7 heteroatoms. The van der Waals surface area contributed by atoms with Crippen LogP contribution in [0.3, 0.4) is 0 Å². The van der Waals surface area contributed by atoms with Gasteiger partial charge in [0.2, 0.25) is 0 Å². The van der Waals surface area contributed by atoms with E-state index in [4.69, 9.17) is 11.6 Å². The minimum Gasteiger partial charge on any atom is -0.343 e. The van der Waals surface area contributed by atoms with Gasteiger partial charge in [-0.2, -0.15) is 0 Å². The maximum absolute atomic E-state index is 12.9. The minimum absolute atomic E-state index is 0.150. The molecule has 0 aliphatic rings. The average Bonchev–Trinajstić information content (AvgIpc) is 2.69. The molecular formula is C22H21ClN2O3S. The first-order chi connectivity index (χ1) is 13.7. The van der Waals surface area contributed by atoms with E-state index in [9.17, 15) is 13.2 Å². The molecule has 3 rings (SSSR count). The van der Waals surface area contributed by atoms with Crippen LogP contribution in [0.5, 0.6) is 0 Å². The second kappa shape index (κ2) is 8.76. The fourth-order valence-electron chi connectivity index (χ4n) is 3.05. The first-order valence-electron chi connectivity index (χ1n) is 9.01. The normalized spacial score (nSPS) is 12.4. The maximum atomic E-state index is 12.9. The lowest BCUT2D eigenvalue weighted by atomic mass is 10.0. The zero-order valence-corrected chi connectivity index (χ0v) is 17.7. The maximum Gasteiger partial charge on any atom is 0.251 e. The third-order valence-electron chi connectivity index (χ3n) is 4.55. The second-order valence-electron chi connectivity index (χ2n) is 6.86. The number of amides is 1.